The number of ketones is 1. The van der Waals surface area contributed by atoms with Crippen LogP contribution in [0.4, 0.5) is 0 Å². The highest BCUT2D eigenvalue weighted by atomic mass is 16.1. The largest absolute Gasteiger partial charge is 0.310 e. The molecule has 0 saturated heterocycles. The van der Waals surface area contributed by atoms with E-state index in [0.717, 1.165) is 12.8 Å². The lowest BCUT2D eigenvalue weighted by atomic mass is 9.80. The highest BCUT2D eigenvalue weighted by molar-refractivity contribution is 5.88. The van der Waals surface area contributed by atoms with Crippen LogP contribution in [0.1, 0.15) is 47.5 Å². The van der Waals surface area contributed by atoms with Gasteiger partial charge in [-0.1, -0.05) is 47.5 Å². The van der Waals surface area contributed by atoms with E-state index in [-0.39, 0.29) is 11.5 Å². The predicted molar refractivity (Wildman–Crippen MR) is 61.4 cm³/mol. The minimum Gasteiger partial charge on any atom is -0.310 e. The Morgan fingerprint density at radius 3 is 1.86 bits per heavy atom. The van der Waals surface area contributed by atoms with Gasteiger partial charge in [0.05, 0.1) is 6.04 Å². The zero-order valence-electron chi connectivity index (χ0n) is 10.5. The summed E-state index contributed by atoms with van der Waals surface area (Å²) in [5.74, 6) is 0.792. The van der Waals surface area contributed by atoms with Crippen molar-refractivity contribution in [3.8, 4) is 0 Å². The molecule has 2 heteroatoms. The van der Waals surface area contributed by atoms with Crippen LogP contribution in [0, 0.1) is 11.3 Å². The first kappa shape index (κ1) is 13.6. The molecule has 0 aliphatic carbocycles. The average Bonchev–Trinajstić information content (AvgIpc) is 2.11. The van der Waals surface area contributed by atoms with Crippen LogP contribution in [0.3, 0.4) is 0 Å². The monoisotopic (exact) mass is 199 g/mol. The zero-order valence-corrected chi connectivity index (χ0v) is 10.5. The molecular formula is C12H25NO. The zero-order chi connectivity index (χ0) is 11.4. The summed E-state index contributed by atoms with van der Waals surface area (Å²) in [6, 6.07) is 0.0185. The number of likely N-dealkylation sites (N-methyl/N-ethyl adjacent to an activating group) is 1. The number of Topliss-reactive ketones (excluding diaryl/α,β-unsaturated/α-hetero) is 1. The Kier molecular flexibility index (Phi) is 5.35. The summed E-state index contributed by atoms with van der Waals surface area (Å²) >= 11 is 0. The van der Waals surface area contributed by atoms with E-state index >= 15 is 0 Å². The van der Waals surface area contributed by atoms with Crippen LogP contribution >= 0.6 is 0 Å². The third-order valence-corrected chi connectivity index (χ3v) is 2.85. The van der Waals surface area contributed by atoms with Crippen molar-refractivity contribution in [3.05, 3.63) is 0 Å². The summed E-state index contributed by atoms with van der Waals surface area (Å²) in [6.45, 7) is 10.3. The lowest BCUT2D eigenvalue weighted by molar-refractivity contribution is -0.129. The van der Waals surface area contributed by atoms with Crippen LogP contribution in [-0.2, 0) is 4.79 Å². The average molecular weight is 199 g/mol. The molecule has 0 rings (SSSR count). The summed E-state index contributed by atoms with van der Waals surface area (Å²) in [5, 5.41) is 3.16. The number of nitrogens with one attached hydrogen (secondary N) is 1. The molecule has 0 aromatic rings. The molecule has 0 aromatic carbocycles. The van der Waals surface area contributed by atoms with E-state index in [1.165, 1.54) is 0 Å². The summed E-state index contributed by atoms with van der Waals surface area (Å²) < 4.78 is 0. The van der Waals surface area contributed by atoms with E-state index in [4.69, 9.17) is 0 Å². The Balaban J connectivity index is 4.63. The van der Waals surface area contributed by atoms with E-state index in [0.29, 0.717) is 11.7 Å². The molecule has 0 fully saturated rings. The van der Waals surface area contributed by atoms with Crippen molar-refractivity contribution >= 4 is 5.78 Å². The van der Waals surface area contributed by atoms with Crippen LogP contribution < -0.4 is 5.32 Å². The van der Waals surface area contributed by atoms with Gasteiger partial charge >= 0.3 is 0 Å². The third-order valence-electron chi connectivity index (χ3n) is 2.85. The van der Waals surface area contributed by atoms with Crippen molar-refractivity contribution < 1.29 is 4.79 Å². The molecule has 1 N–H and O–H groups in total. The first-order valence-corrected chi connectivity index (χ1v) is 5.60. The quantitative estimate of drug-likeness (QED) is 0.737. The maximum atomic E-state index is 12.1. The molecule has 84 valence electrons. The van der Waals surface area contributed by atoms with Gasteiger partial charge in [-0.05, 0) is 13.0 Å². The molecule has 0 saturated carbocycles. The lowest BCUT2D eigenvalue weighted by Crippen LogP contribution is -2.45. The van der Waals surface area contributed by atoms with Crippen LogP contribution in [0.15, 0.2) is 0 Å². The maximum Gasteiger partial charge on any atom is 0.155 e. The van der Waals surface area contributed by atoms with Gasteiger partial charge in [-0.15, -0.1) is 0 Å². The normalized spacial score (nSPS) is 14.5. The van der Waals surface area contributed by atoms with E-state index in [9.17, 15) is 4.79 Å². The molecule has 1 atom stereocenters. The van der Waals surface area contributed by atoms with E-state index in [1.54, 1.807) is 0 Å². The molecule has 0 aliphatic rings. The second kappa shape index (κ2) is 5.50. The van der Waals surface area contributed by atoms with E-state index < -0.39 is 0 Å². The molecule has 2 nitrogen and oxygen atoms in total. The van der Waals surface area contributed by atoms with Crippen molar-refractivity contribution in [2.24, 2.45) is 11.3 Å². The minimum atomic E-state index is -0.240. The molecule has 0 heterocycles. The second-order valence-corrected chi connectivity index (χ2v) is 4.96. The van der Waals surface area contributed by atoms with Gasteiger partial charge in [0.25, 0.3) is 0 Å². The lowest BCUT2D eigenvalue weighted by Gasteiger charge is -2.29. The molecule has 14 heavy (non-hydrogen) atoms. The van der Waals surface area contributed by atoms with Gasteiger partial charge in [0.2, 0.25) is 0 Å². The molecule has 0 radical (unpaired) electrons. The fourth-order valence-electron chi connectivity index (χ4n) is 1.81. The van der Waals surface area contributed by atoms with Gasteiger partial charge < -0.3 is 5.32 Å². The molecule has 0 aromatic heterocycles. The van der Waals surface area contributed by atoms with E-state index in [1.807, 2.05) is 27.8 Å². The van der Waals surface area contributed by atoms with Crippen molar-refractivity contribution in [1.82, 2.24) is 5.32 Å². The molecule has 0 amide bonds. The first-order valence-electron chi connectivity index (χ1n) is 5.60. The van der Waals surface area contributed by atoms with Gasteiger partial charge in [-0.3, -0.25) is 4.79 Å². The van der Waals surface area contributed by atoms with Crippen molar-refractivity contribution in [2.45, 2.75) is 53.5 Å². The molecule has 0 spiro atoms. The molecule has 1 unspecified atom stereocenters. The van der Waals surface area contributed by atoms with Gasteiger partial charge in [0.1, 0.15) is 0 Å². The van der Waals surface area contributed by atoms with Crippen LogP contribution in [0.2, 0.25) is 0 Å². The van der Waals surface area contributed by atoms with Gasteiger partial charge in [-0.25, -0.2) is 0 Å². The van der Waals surface area contributed by atoms with Crippen LogP contribution in [-0.4, -0.2) is 18.9 Å². The number of hydrogen-bond donors (Lipinski definition) is 1. The predicted octanol–water partition coefficient (Wildman–Crippen LogP) is 2.63. The Morgan fingerprint density at radius 1 is 1.21 bits per heavy atom. The smallest absolute Gasteiger partial charge is 0.155 e. The number of carbonyl (C=O) groups excluding carboxylic acids is 1. The van der Waals surface area contributed by atoms with Crippen molar-refractivity contribution in [2.75, 3.05) is 7.05 Å². The summed E-state index contributed by atoms with van der Waals surface area (Å²) in [5.41, 5.74) is -0.240. The van der Waals surface area contributed by atoms with Crippen LogP contribution in [0.5, 0.6) is 0 Å². The Bertz CT molecular complexity index is 177. The molecule has 0 bridgehead atoms. The van der Waals surface area contributed by atoms with Gasteiger partial charge in [0.15, 0.2) is 5.78 Å². The second-order valence-electron chi connectivity index (χ2n) is 4.96. The Hall–Kier alpha value is -0.370. The highest BCUT2D eigenvalue weighted by Gasteiger charge is 2.32. The highest BCUT2D eigenvalue weighted by Crippen LogP contribution is 2.23. The summed E-state index contributed by atoms with van der Waals surface area (Å²) in [6.07, 6.45) is 2.12. The third kappa shape index (κ3) is 3.41. The minimum absolute atomic E-state index is 0.0185. The summed E-state index contributed by atoms with van der Waals surface area (Å²) in [4.78, 5) is 12.1. The van der Waals surface area contributed by atoms with Crippen LogP contribution in [0.25, 0.3) is 0 Å². The number of rotatable bonds is 5. The van der Waals surface area contributed by atoms with Gasteiger partial charge in [0, 0.05) is 5.41 Å². The standard InChI is InChI=1S/C12H25NO/c1-7-9(8-2)10(13-6)11(14)12(3,4)5/h9-10,13H,7-8H2,1-6H3. The Morgan fingerprint density at radius 2 is 1.64 bits per heavy atom. The fourth-order valence-corrected chi connectivity index (χ4v) is 1.81. The SMILES string of the molecule is CCC(CC)C(NC)C(=O)C(C)(C)C. The Labute approximate surface area is 88.5 Å². The topological polar surface area (TPSA) is 29.1 Å². The van der Waals surface area contributed by atoms with Crippen molar-refractivity contribution in [3.63, 3.8) is 0 Å². The fraction of sp³-hybridized carbons (Fsp3) is 0.917. The van der Waals surface area contributed by atoms with E-state index in [2.05, 4.69) is 19.2 Å². The molecule has 0 aliphatic heterocycles. The number of carbonyl (C=O) groups is 1. The first-order chi connectivity index (χ1) is 6.38. The van der Waals surface area contributed by atoms with Crippen molar-refractivity contribution in [1.29, 1.82) is 0 Å². The van der Waals surface area contributed by atoms with Gasteiger partial charge in [-0.2, -0.15) is 0 Å². The molecular weight excluding hydrogens is 174 g/mol. The number of hydrogen-bond acceptors (Lipinski definition) is 2. The summed E-state index contributed by atoms with van der Waals surface area (Å²) in [7, 11) is 1.88. The maximum absolute atomic E-state index is 12.1.